The summed E-state index contributed by atoms with van der Waals surface area (Å²) in [5.41, 5.74) is 2.28. The van der Waals surface area contributed by atoms with E-state index in [0.29, 0.717) is 25.5 Å². The molecule has 2 atom stereocenters. The molecule has 1 aliphatic heterocycles. The standard InChI is InChI=1S/C24H33N3O4S/c1-30-24-12-14-25-16-22(24)27-15-13-21(26-32(2,28)29)23(27)17-31-20-10-8-19(9-11-20)18-6-4-3-5-7-18/h3-7,12,14,16,19-21,23,26H,8-11,13,15,17H2,1-2H3/t19-,20+,21-,23-/m0/s1. The van der Waals surface area contributed by atoms with Crippen molar-refractivity contribution < 1.29 is 17.9 Å². The quantitative estimate of drug-likeness (QED) is 0.652. The predicted molar refractivity (Wildman–Crippen MR) is 126 cm³/mol. The molecule has 2 fully saturated rings. The molecule has 4 rings (SSSR count). The van der Waals surface area contributed by atoms with E-state index in [-0.39, 0.29) is 18.2 Å². The third-order valence-corrected chi connectivity index (χ3v) is 7.38. The summed E-state index contributed by atoms with van der Waals surface area (Å²) in [4.78, 5) is 6.43. The van der Waals surface area contributed by atoms with Crippen LogP contribution in [0.25, 0.3) is 0 Å². The summed E-state index contributed by atoms with van der Waals surface area (Å²) in [6.07, 6.45) is 9.87. The van der Waals surface area contributed by atoms with Gasteiger partial charge >= 0.3 is 0 Å². The van der Waals surface area contributed by atoms with E-state index in [0.717, 1.165) is 37.1 Å². The number of benzene rings is 1. The number of pyridine rings is 1. The van der Waals surface area contributed by atoms with Crippen molar-refractivity contribution in [3.63, 3.8) is 0 Å². The van der Waals surface area contributed by atoms with E-state index < -0.39 is 10.0 Å². The maximum absolute atomic E-state index is 12.0. The van der Waals surface area contributed by atoms with Gasteiger partial charge in [0, 0.05) is 24.8 Å². The molecule has 0 amide bonds. The molecule has 0 bridgehead atoms. The van der Waals surface area contributed by atoms with Gasteiger partial charge in [0.2, 0.25) is 10.0 Å². The molecular formula is C24H33N3O4S. The summed E-state index contributed by atoms with van der Waals surface area (Å²) in [7, 11) is -1.69. The summed E-state index contributed by atoms with van der Waals surface area (Å²) in [5, 5.41) is 0. The lowest BCUT2D eigenvalue weighted by Crippen LogP contribution is -2.48. The first kappa shape index (κ1) is 23.0. The van der Waals surface area contributed by atoms with E-state index in [1.165, 1.54) is 11.8 Å². The van der Waals surface area contributed by atoms with Gasteiger partial charge in [0.1, 0.15) is 5.75 Å². The Labute approximate surface area is 191 Å². The van der Waals surface area contributed by atoms with Crippen molar-refractivity contribution in [3.05, 3.63) is 54.4 Å². The van der Waals surface area contributed by atoms with Gasteiger partial charge in [-0.05, 0) is 43.6 Å². The summed E-state index contributed by atoms with van der Waals surface area (Å²) in [6.45, 7) is 1.18. The summed E-state index contributed by atoms with van der Waals surface area (Å²) in [5.74, 6) is 1.33. The van der Waals surface area contributed by atoms with Crippen LogP contribution in [-0.2, 0) is 14.8 Å². The number of nitrogens with one attached hydrogen (secondary N) is 1. The predicted octanol–water partition coefficient (Wildman–Crippen LogP) is 3.33. The van der Waals surface area contributed by atoms with Crippen LogP contribution in [0.2, 0.25) is 0 Å². The molecule has 1 aliphatic carbocycles. The van der Waals surface area contributed by atoms with Crippen molar-refractivity contribution in [2.24, 2.45) is 0 Å². The molecule has 32 heavy (non-hydrogen) atoms. The van der Waals surface area contributed by atoms with Crippen molar-refractivity contribution in [2.45, 2.75) is 56.2 Å². The minimum atomic E-state index is -3.32. The van der Waals surface area contributed by atoms with Gasteiger partial charge in [-0.15, -0.1) is 0 Å². The molecule has 7 nitrogen and oxygen atoms in total. The van der Waals surface area contributed by atoms with Crippen molar-refractivity contribution in [2.75, 3.05) is 31.4 Å². The van der Waals surface area contributed by atoms with E-state index in [1.807, 2.05) is 6.07 Å². The Balaban J connectivity index is 1.42. The van der Waals surface area contributed by atoms with Crippen molar-refractivity contribution >= 4 is 15.7 Å². The zero-order valence-corrected chi connectivity index (χ0v) is 19.6. The number of hydrogen-bond donors (Lipinski definition) is 1. The van der Waals surface area contributed by atoms with Crippen LogP contribution in [-0.4, -0.2) is 58.1 Å². The highest BCUT2D eigenvalue weighted by Crippen LogP contribution is 2.36. The summed E-state index contributed by atoms with van der Waals surface area (Å²) >= 11 is 0. The van der Waals surface area contributed by atoms with E-state index in [1.54, 1.807) is 19.5 Å². The smallest absolute Gasteiger partial charge is 0.209 e. The van der Waals surface area contributed by atoms with Crippen LogP contribution in [0.1, 0.15) is 43.6 Å². The highest BCUT2D eigenvalue weighted by Gasteiger charge is 2.38. The first-order valence-electron chi connectivity index (χ1n) is 11.3. The maximum atomic E-state index is 12.0. The van der Waals surface area contributed by atoms with Crippen molar-refractivity contribution in [1.82, 2.24) is 9.71 Å². The number of rotatable bonds is 8. The average molecular weight is 460 g/mol. The lowest BCUT2D eigenvalue weighted by atomic mass is 9.83. The zero-order valence-electron chi connectivity index (χ0n) is 18.8. The van der Waals surface area contributed by atoms with E-state index in [9.17, 15) is 8.42 Å². The van der Waals surface area contributed by atoms with Gasteiger partial charge in [-0.3, -0.25) is 4.98 Å². The van der Waals surface area contributed by atoms with Gasteiger partial charge in [-0.1, -0.05) is 30.3 Å². The number of sulfonamides is 1. The second kappa shape index (κ2) is 10.2. The van der Waals surface area contributed by atoms with Gasteiger partial charge in [-0.25, -0.2) is 13.1 Å². The fourth-order valence-corrected chi connectivity index (χ4v) is 5.88. The Morgan fingerprint density at radius 3 is 2.53 bits per heavy atom. The fourth-order valence-electron chi connectivity index (χ4n) is 5.06. The van der Waals surface area contributed by atoms with Crippen LogP contribution < -0.4 is 14.4 Å². The normalized spacial score (nSPS) is 26.2. The molecule has 1 aromatic heterocycles. The Hall–Kier alpha value is -2.16. The molecule has 0 unspecified atom stereocenters. The SMILES string of the molecule is COc1ccncc1N1CC[C@H](NS(C)(=O)=O)[C@@H]1CO[C@H]1CC[C@@H](c2ccccc2)CC1. The third-order valence-electron chi connectivity index (χ3n) is 6.65. The fraction of sp³-hybridized carbons (Fsp3) is 0.542. The van der Waals surface area contributed by atoms with Gasteiger partial charge in [0.15, 0.2) is 0 Å². The molecular weight excluding hydrogens is 426 g/mol. The number of ether oxygens (including phenoxy) is 2. The number of hydrogen-bond acceptors (Lipinski definition) is 6. The molecule has 1 saturated carbocycles. The Kier molecular flexibility index (Phi) is 7.33. The van der Waals surface area contributed by atoms with Crippen LogP contribution in [0, 0.1) is 0 Å². The highest BCUT2D eigenvalue weighted by molar-refractivity contribution is 7.88. The van der Waals surface area contributed by atoms with E-state index >= 15 is 0 Å². The molecule has 2 aliphatic rings. The summed E-state index contributed by atoms with van der Waals surface area (Å²) < 4.78 is 38.7. The molecule has 0 radical (unpaired) electrons. The number of nitrogens with zero attached hydrogens (tertiary/aromatic N) is 2. The minimum absolute atomic E-state index is 0.116. The topological polar surface area (TPSA) is 80.8 Å². The highest BCUT2D eigenvalue weighted by atomic mass is 32.2. The minimum Gasteiger partial charge on any atom is -0.494 e. The number of anilines is 1. The maximum Gasteiger partial charge on any atom is 0.209 e. The summed E-state index contributed by atoms with van der Waals surface area (Å²) in [6, 6.07) is 12.2. The lowest BCUT2D eigenvalue weighted by Gasteiger charge is -2.34. The van der Waals surface area contributed by atoms with Gasteiger partial charge in [-0.2, -0.15) is 0 Å². The van der Waals surface area contributed by atoms with E-state index in [2.05, 4.69) is 44.9 Å². The van der Waals surface area contributed by atoms with Gasteiger partial charge < -0.3 is 14.4 Å². The largest absolute Gasteiger partial charge is 0.494 e. The van der Waals surface area contributed by atoms with Gasteiger partial charge in [0.05, 0.1) is 44.0 Å². The first-order valence-corrected chi connectivity index (χ1v) is 13.2. The molecule has 1 aromatic carbocycles. The third kappa shape index (κ3) is 5.60. The Bertz CT molecular complexity index is 978. The number of methoxy groups -OCH3 is 1. The van der Waals surface area contributed by atoms with Gasteiger partial charge in [0.25, 0.3) is 0 Å². The molecule has 174 valence electrons. The van der Waals surface area contributed by atoms with Crippen LogP contribution in [0.5, 0.6) is 5.75 Å². The molecule has 1 saturated heterocycles. The van der Waals surface area contributed by atoms with Crippen LogP contribution in [0.3, 0.4) is 0 Å². The second-order valence-electron chi connectivity index (χ2n) is 8.81. The Morgan fingerprint density at radius 2 is 1.84 bits per heavy atom. The van der Waals surface area contributed by atoms with Crippen molar-refractivity contribution in [1.29, 1.82) is 0 Å². The number of aromatic nitrogens is 1. The molecule has 1 N–H and O–H groups in total. The monoisotopic (exact) mass is 459 g/mol. The zero-order chi connectivity index (χ0) is 22.6. The Morgan fingerprint density at radius 1 is 1.09 bits per heavy atom. The lowest BCUT2D eigenvalue weighted by molar-refractivity contribution is 0.0156. The molecule has 2 heterocycles. The first-order chi connectivity index (χ1) is 15.4. The van der Waals surface area contributed by atoms with Crippen LogP contribution in [0.4, 0.5) is 5.69 Å². The molecule has 2 aromatic rings. The molecule has 8 heteroatoms. The van der Waals surface area contributed by atoms with Crippen molar-refractivity contribution in [3.8, 4) is 5.75 Å². The van der Waals surface area contributed by atoms with Crippen LogP contribution in [0.15, 0.2) is 48.8 Å². The average Bonchev–Trinajstić information content (AvgIpc) is 3.19. The molecule has 0 spiro atoms. The van der Waals surface area contributed by atoms with E-state index in [4.69, 9.17) is 9.47 Å². The van der Waals surface area contributed by atoms with Crippen LogP contribution >= 0.6 is 0 Å². The second-order valence-corrected chi connectivity index (χ2v) is 10.6.